The zero-order valence-electron chi connectivity index (χ0n) is 6.54. The van der Waals surface area contributed by atoms with Crippen molar-refractivity contribution in [3.05, 3.63) is 0 Å². The first-order valence-electron chi connectivity index (χ1n) is 3.60. The topological polar surface area (TPSA) is 72.6 Å². The molecule has 4 heteroatoms. The average Bonchev–Trinajstić information content (AvgIpc) is 1.81. The number of carboxylic acid groups (broad SMARTS) is 1. The van der Waals surface area contributed by atoms with Gasteiger partial charge in [-0.25, -0.2) is 0 Å². The van der Waals surface area contributed by atoms with Crippen LogP contribution in [-0.2, 0) is 9.53 Å². The van der Waals surface area contributed by atoms with Crippen molar-refractivity contribution in [2.75, 3.05) is 13.2 Å². The van der Waals surface area contributed by atoms with E-state index in [-0.39, 0.29) is 17.9 Å². The minimum Gasteiger partial charge on any atom is -0.481 e. The van der Waals surface area contributed by atoms with Gasteiger partial charge in [0.05, 0.1) is 19.6 Å². The van der Waals surface area contributed by atoms with Gasteiger partial charge in [-0.3, -0.25) is 4.79 Å². The second-order valence-electron chi connectivity index (χ2n) is 3.35. The number of ether oxygens (including phenoxy) is 1. The molecule has 1 heterocycles. The van der Waals surface area contributed by atoms with Crippen LogP contribution in [0.2, 0.25) is 0 Å². The Morgan fingerprint density at radius 3 is 2.64 bits per heavy atom. The molecule has 1 aliphatic rings. The van der Waals surface area contributed by atoms with Crippen LogP contribution in [0.25, 0.3) is 0 Å². The van der Waals surface area contributed by atoms with Gasteiger partial charge < -0.3 is 15.6 Å². The summed E-state index contributed by atoms with van der Waals surface area (Å²) in [5.74, 6) is -0.842. The average molecular weight is 159 g/mol. The third kappa shape index (κ3) is 1.70. The fourth-order valence-electron chi connectivity index (χ4n) is 1.07. The Morgan fingerprint density at radius 2 is 2.36 bits per heavy atom. The van der Waals surface area contributed by atoms with Crippen LogP contribution in [0.15, 0.2) is 0 Å². The molecule has 1 aliphatic heterocycles. The highest BCUT2D eigenvalue weighted by atomic mass is 16.5. The molecule has 0 bridgehead atoms. The van der Waals surface area contributed by atoms with E-state index in [4.69, 9.17) is 15.6 Å². The summed E-state index contributed by atoms with van der Waals surface area (Å²) < 4.78 is 4.97. The number of carboxylic acids is 1. The second-order valence-corrected chi connectivity index (χ2v) is 3.35. The molecule has 0 aliphatic carbocycles. The van der Waals surface area contributed by atoms with E-state index < -0.39 is 5.97 Å². The highest BCUT2D eigenvalue weighted by Crippen LogP contribution is 2.30. The number of hydrogen-bond acceptors (Lipinski definition) is 3. The molecular weight excluding hydrogens is 146 g/mol. The molecule has 11 heavy (non-hydrogen) atoms. The molecule has 1 unspecified atom stereocenters. The molecule has 1 rings (SSSR count). The summed E-state index contributed by atoms with van der Waals surface area (Å²) in [5, 5.41) is 8.45. The van der Waals surface area contributed by atoms with Crippen LogP contribution in [-0.4, -0.2) is 30.3 Å². The Balaban J connectivity index is 2.40. The first-order valence-corrected chi connectivity index (χ1v) is 3.60. The second kappa shape index (κ2) is 2.79. The van der Waals surface area contributed by atoms with Crippen LogP contribution in [0.4, 0.5) is 0 Å². The number of nitrogens with two attached hydrogens (primary N) is 1. The Labute approximate surface area is 65.3 Å². The molecule has 0 aromatic rings. The number of carbonyl (C=O) groups is 1. The lowest BCUT2D eigenvalue weighted by atomic mass is 9.79. The van der Waals surface area contributed by atoms with Crippen LogP contribution in [0.5, 0.6) is 0 Å². The van der Waals surface area contributed by atoms with E-state index in [0.717, 1.165) is 0 Å². The lowest BCUT2D eigenvalue weighted by molar-refractivity contribution is -0.144. The fraction of sp³-hybridized carbons (Fsp3) is 0.857. The van der Waals surface area contributed by atoms with Gasteiger partial charge in [0.15, 0.2) is 0 Å². The van der Waals surface area contributed by atoms with Crippen molar-refractivity contribution in [3.8, 4) is 0 Å². The smallest absolute Gasteiger partial charge is 0.304 e. The Hall–Kier alpha value is -0.610. The molecule has 0 saturated carbocycles. The van der Waals surface area contributed by atoms with E-state index in [1.165, 1.54) is 0 Å². The quantitative estimate of drug-likeness (QED) is 0.599. The van der Waals surface area contributed by atoms with E-state index >= 15 is 0 Å². The Morgan fingerprint density at radius 1 is 1.82 bits per heavy atom. The van der Waals surface area contributed by atoms with Gasteiger partial charge in [0.2, 0.25) is 0 Å². The van der Waals surface area contributed by atoms with E-state index in [2.05, 4.69) is 0 Å². The molecular formula is C7H13NO3. The van der Waals surface area contributed by atoms with Crippen LogP contribution in [0, 0.1) is 5.41 Å². The first-order chi connectivity index (χ1) is 5.04. The van der Waals surface area contributed by atoms with Gasteiger partial charge >= 0.3 is 5.97 Å². The van der Waals surface area contributed by atoms with Crippen molar-refractivity contribution >= 4 is 5.97 Å². The summed E-state index contributed by atoms with van der Waals surface area (Å²) in [6, 6.07) is -0.284. The van der Waals surface area contributed by atoms with Crippen LogP contribution >= 0.6 is 0 Å². The van der Waals surface area contributed by atoms with Gasteiger partial charge in [0.1, 0.15) is 0 Å². The highest BCUT2D eigenvalue weighted by Gasteiger charge is 2.40. The number of aliphatic carboxylic acids is 1. The summed E-state index contributed by atoms with van der Waals surface area (Å²) in [4.78, 5) is 10.3. The molecule has 0 spiro atoms. The maximum absolute atomic E-state index is 10.3. The van der Waals surface area contributed by atoms with Gasteiger partial charge in [-0.05, 0) is 0 Å². The molecule has 1 saturated heterocycles. The summed E-state index contributed by atoms with van der Waals surface area (Å²) in [5.41, 5.74) is 5.54. The zero-order chi connectivity index (χ0) is 8.48. The van der Waals surface area contributed by atoms with E-state index in [0.29, 0.717) is 13.2 Å². The number of rotatable bonds is 3. The predicted molar refractivity (Wildman–Crippen MR) is 39.2 cm³/mol. The van der Waals surface area contributed by atoms with Crippen LogP contribution in [0.3, 0.4) is 0 Å². The summed E-state index contributed by atoms with van der Waals surface area (Å²) >= 11 is 0. The van der Waals surface area contributed by atoms with Crippen molar-refractivity contribution in [1.29, 1.82) is 0 Å². The predicted octanol–water partition coefficient (Wildman–Crippen LogP) is -0.175. The summed E-state index contributed by atoms with van der Waals surface area (Å²) in [7, 11) is 0. The third-order valence-corrected chi connectivity index (χ3v) is 2.15. The number of hydrogen-bond donors (Lipinski definition) is 2. The standard InChI is InChI=1S/C7H13NO3/c1-7(3-11-4-7)5(8)2-6(9)10/h5H,2-4,8H2,1H3,(H,9,10). The molecule has 0 radical (unpaired) electrons. The van der Waals surface area contributed by atoms with Crippen molar-refractivity contribution in [3.63, 3.8) is 0 Å². The molecule has 0 aromatic carbocycles. The van der Waals surface area contributed by atoms with E-state index in [1.54, 1.807) is 0 Å². The van der Waals surface area contributed by atoms with Crippen molar-refractivity contribution in [2.24, 2.45) is 11.1 Å². The van der Waals surface area contributed by atoms with Crippen molar-refractivity contribution in [2.45, 2.75) is 19.4 Å². The molecule has 3 N–H and O–H groups in total. The monoisotopic (exact) mass is 159 g/mol. The lowest BCUT2D eigenvalue weighted by Crippen LogP contribution is -2.53. The zero-order valence-corrected chi connectivity index (χ0v) is 6.54. The molecule has 1 fully saturated rings. The molecule has 1 atom stereocenters. The maximum Gasteiger partial charge on any atom is 0.304 e. The fourth-order valence-corrected chi connectivity index (χ4v) is 1.07. The van der Waals surface area contributed by atoms with Gasteiger partial charge in [0.25, 0.3) is 0 Å². The summed E-state index contributed by atoms with van der Waals surface area (Å²) in [6.07, 6.45) is 0.0276. The van der Waals surface area contributed by atoms with Gasteiger partial charge in [0, 0.05) is 11.5 Å². The minimum absolute atomic E-state index is 0.0276. The highest BCUT2D eigenvalue weighted by molar-refractivity contribution is 5.67. The van der Waals surface area contributed by atoms with Crippen LogP contribution < -0.4 is 5.73 Å². The minimum atomic E-state index is -0.842. The van der Waals surface area contributed by atoms with Gasteiger partial charge in [-0.1, -0.05) is 6.92 Å². The molecule has 64 valence electrons. The van der Waals surface area contributed by atoms with Gasteiger partial charge in [-0.2, -0.15) is 0 Å². The SMILES string of the molecule is CC1(C(N)CC(=O)O)COC1. The largest absolute Gasteiger partial charge is 0.481 e. The van der Waals surface area contributed by atoms with E-state index in [1.807, 2.05) is 6.92 Å². The Kier molecular flexibility index (Phi) is 2.15. The lowest BCUT2D eigenvalue weighted by Gasteiger charge is -2.42. The van der Waals surface area contributed by atoms with Gasteiger partial charge in [-0.15, -0.1) is 0 Å². The van der Waals surface area contributed by atoms with Crippen molar-refractivity contribution < 1.29 is 14.6 Å². The third-order valence-electron chi connectivity index (χ3n) is 2.15. The Bertz CT molecular complexity index is 165. The summed E-state index contributed by atoms with van der Waals surface area (Å²) in [6.45, 7) is 3.12. The van der Waals surface area contributed by atoms with E-state index in [9.17, 15) is 4.79 Å². The first kappa shape index (κ1) is 8.49. The molecule has 4 nitrogen and oxygen atoms in total. The molecule has 0 aromatic heterocycles. The maximum atomic E-state index is 10.3. The normalized spacial score (nSPS) is 23.8. The molecule has 0 amide bonds. The van der Waals surface area contributed by atoms with Crippen LogP contribution in [0.1, 0.15) is 13.3 Å². The van der Waals surface area contributed by atoms with Crippen molar-refractivity contribution in [1.82, 2.24) is 0 Å².